The maximum absolute atomic E-state index is 12.9. The van der Waals surface area contributed by atoms with Gasteiger partial charge in [-0.2, -0.15) is 0 Å². The van der Waals surface area contributed by atoms with Crippen molar-refractivity contribution in [3.05, 3.63) is 86.7 Å². The molecule has 4 rings (SSSR count). The molecule has 158 valence electrons. The summed E-state index contributed by atoms with van der Waals surface area (Å²) in [5.41, 5.74) is 3.07. The summed E-state index contributed by atoms with van der Waals surface area (Å²) in [4.78, 5) is 15.3. The lowest BCUT2D eigenvalue weighted by Gasteiger charge is -2.37. The highest BCUT2D eigenvalue weighted by atomic mass is 79.9. The van der Waals surface area contributed by atoms with Crippen molar-refractivity contribution >= 4 is 15.9 Å². The van der Waals surface area contributed by atoms with Crippen LogP contribution in [0.4, 0.5) is 0 Å². The lowest BCUT2D eigenvalue weighted by molar-refractivity contribution is -0.0231. The Morgan fingerprint density at radius 1 is 1.07 bits per heavy atom. The summed E-state index contributed by atoms with van der Waals surface area (Å²) < 4.78 is 10.5. The molecule has 1 saturated heterocycles. The van der Waals surface area contributed by atoms with E-state index in [1.165, 1.54) is 5.56 Å². The van der Waals surface area contributed by atoms with Crippen molar-refractivity contribution in [3.63, 3.8) is 0 Å². The topological polar surface area (TPSA) is 39.4 Å². The predicted molar refractivity (Wildman–Crippen MR) is 123 cm³/mol. The maximum atomic E-state index is 12.9. The van der Waals surface area contributed by atoms with Gasteiger partial charge in [-0.3, -0.25) is 14.4 Å². The first-order valence-corrected chi connectivity index (χ1v) is 11.2. The molecule has 6 heteroatoms. The van der Waals surface area contributed by atoms with Crippen LogP contribution in [-0.2, 0) is 24.9 Å². The van der Waals surface area contributed by atoms with E-state index in [0.29, 0.717) is 17.1 Å². The molecule has 0 radical (unpaired) electrons. The molecule has 1 aliphatic rings. The van der Waals surface area contributed by atoms with Crippen molar-refractivity contribution in [1.82, 2.24) is 14.3 Å². The molecule has 0 saturated carbocycles. The second-order valence-corrected chi connectivity index (χ2v) is 8.79. The molecule has 30 heavy (non-hydrogen) atoms. The van der Waals surface area contributed by atoms with Crippen LogP contribution in [-0.4, -0.2) is 33.0 Å². The van der Waals surface area contributed by atoms with E-state index in [0.717, 1.165) is 37.3 Å². The Hall–Kier alpha value is -2.15. The summed E-state index contributed by atoms with van der Waals surface area (Å²) in [6.45, 7) is 4.60. The van der Waals surface area contributed by atoms with Gasteiger partial charge in [0.05, 0.1) is 24.1 Å². The minimum absolute atomic E-state index is 0.0209. The van der Waals surface area contributed by atoms with Gasteiger partial charge in [0.2, 0.25) is 0 Å². The molecule has 1 aromatic heterocycles. The van der Waals surface area contributed by atoms with Gasteiger partial charge >= 0.3 is 0 Å². The third-order valence-corrected chi connectivity index (χ3v) is 6.77. The molecule has 5 nitrogen and oxygen atoms in total. The summed E-state index contributed by atoms with van der Waals surface area (Å²) >= 11 is 3.55. The molecule has 0 N–H and O–H groups in total. The second-order valence-electron chi connectivity index (χ2n) is 8.00. The molecule has 2 aromatic carbocycles. The van der Waals surface area contributed by atoms with Gasteiger partial charge in [0.1, 0.15) is 4.47 Å². The Labute approximate surface area is 186 Å². The first kappa shape index (κ1) is 21.1. The summed E-state index contributed by atoms with van der Waals surface area (Å²) in [6, 6.07) is 20.5. The van der Waals surface area contributed by atoms with Gasteiger partial charge in [0, 0.05) is 26.2 Å². The van der Waals surface area contributed by atoms with E-state index in [-0.39, 0.29) is 11.7 Å². The highest BCUT2D eigenvalue weighted by Gasteiger charge is 2.28. The van der Waals surface area contributed by atoms with Crippen LogP contribution in [0.5, 0.6) is 0 Å². The molecule has 3 aromatic rings. The number of aromatic nitrogens is 2. The van der Waals surface area contributed by atoms with Gasteiger partial charge < -0.3 is 4.74 Å². The van der Waals surface area contributed by atoms with Crippen LogP contribution in [0.15, 0.2) is 69.9 Å². The van der Waals surface area contributed by atoms with Crippen LogP contribution in [0.25, 0.3) is 5.69 Å². The Morgan fingerprint density at radius 3 is 2.40 bits per heavy atom. The summed E-state index contributed by atoms with van der Waals surface area (Å²) in [5, 5.41) is 0. The number of hydrogen-bond donors (Lipinski definition) is 0. The fourth-order valence-electron chi connectivity index (χ4n) is 4.19. The Morgan fingerprint density at radius 2 is 1.73 bits per heavy atom. The number of benzene rings is 2. The number of rotatable bonds is 6. The Kier molecular flexibility index (Phi) is 6.56. The normalized spacial score (nSPS) is 19.8. The monoisotopic (exact) mass is 469 g/mol. The van der Waals surface area contributed by atoms with Gasteiger partial charge in [-0.05, 0) is 53.4 Å². The van der Waals surface area contributed by atoms with Crippen LogP contribution < -0.4 is 5.56 Å². The molecule has 0 spiro atoms. The van der Waals surface area contributed by atoms with Crippen molar-refractivity contribution in [1.29, 1.82) is 0 Å². The van der Waals surface area contributed by atoms with E-state index in [2.05, 4.69) is 39.9 Å². The Balaban J connectivity index is 1.42. The van der Waals surface area contributed by atoms with Crippen LogP contribution in [0, 0.1) is 0 Å². The smallest absolute Gasteiger partial charge is 0.286 e. The van der Waals surface area contributed by atoms with Gasteiger partial charge in [0.15, 0.2) is 0 Å². The first-order valence-electron chi connectivity index (χ1n) is 10.5. The lowest BCUT2D eigenvalue weighted by Crippen LogP contribution is -2.43. The first-order chi connectivity index (χ1) is 14.5. The zero-order valence-electron chi connectivity index (χ0n) is 17.5. The summed E-state index contributed by atoms with van der Waals surface area (Å²) in [6.07, 6.45) is 2.28. The standard InChI is InChI=1S/C24H28BrN3O2/c1-18-15-21(30-17-19-9-5-3-6-10-19)13-14-27(18)16-22-23(25)24(29)28(26(22)2)20-11-7-4-8-12-20/h3-12,18,21H,13-17H2,1-2H3. The number of halogens is 1. The molecule has 1 fully saturated rings. The fourth-order valence-corrected chi connectivity index (χ4v) is 4.74. The molecule has 0 bridgehead atoms. The third-order valence-electron chi connectivity index (χ3n) is 5.97. The van der Waals surface area contributed by atoms with Gasteiger partial charge in [-0.1, -0.05) is 48.5 Å². The van der Waals surface area contributed by atoms with Crippen molar-refractivity contribution < 1.29 is 4.74 Å². The molecule has 2 atom stereocenters. The number of para-hydroxylation sites is 1. The van der Waals surface area contributed by atoms with Crippen molar-refractivity contribution in [3.8, 4) is 5.69 Å². The molecular weight excluding hydrogens is 442 g/mol. The second kappa shape index (κ2) is 9.33. The van der Waals surface area contributed by atoms with E-state index >= 15 is 0 Å². The lowest BCUT2D eigenvalue weighted by atomic mass is 10.0. The molecule has 1 aliphatic heterocycles. The van der Waals surface area contributed by atoms with Crippen molar-refractivity contribution in [2.75, 3.05) is 6.54 Å². The third kappa shape index (κ3) is 4.46. The minimum Gasteiger partial charge on any atom is -0.373 e. The predicted octanol–water partition coefficient (Wildman–Crippen LogP) is 4.51. The largest absolute Gasteiger partial charge is 0.373 e. The van der Waals surface area contributed by atoms with Crippen LogP contribution in [0.1, 0.15) is 31.0 Å². The van der Waals surface area contributed by atoms with Gasteiger partial charge in [-0.15, -0.1) is 0 Å². The SMILES string of the molecule is CC1CC(OCc2ccccc2)CCN1Cc1c(Br)c(=O)n(-c2ccccc2)n1C. The van der Waals surface area contributed by atoms with Gasteiger partial charge in [0.25, 0.3) is 5.56 Å². The summed E-state index contributed by atoms with van der Waals surface area (Å²) in [5.74, 6) is 0. The van der Waals surface area contributed by atoms with Crippen LogP contribution in [0.3, 0.4) is 0 Å². The molecule has 0 aliphatic carbocycles. The maximum Gasteiger partial charge on any atom is 0.286 e. The number of hydrogen-bond acceptors (Lipinski definition) is 3. The van der Waals surface area contributed by atoms with Crippen molar-refractivity contribution in [2.45, 2.75) is 45.1 Å². The number of likely N-dealkylation sites (tertiary alicyclic amines) is 1. The fraction of sp³-hybridized carbons (Fsp3) is 0.375. The van der Waals surface area contributed by atoms with Crippen LogP contribution >= 0.6 is 15.9 Å². The number of nitrogens with zero attached hydrogens (tertiary/aromatic N) is 3. The minimum atomic E-state index is -0.0209. The highest BCUT2D eigenvalue weighted by molar-refractivity contribution is 9.10. The molecule has 0 amide bonds. The molecule has 2 unspecified atom stereocenters. The van der Waals surface area contributed by atoms with Gasteiger partial charge in [-0.25, -0.2) is 4.68 Å². The van der Waals surface area contributed by atoms with E-state index in [9.17, 15) is 4.79 Å². The summed E-state index contributed by atoms with van der Waals surface area (Å²) in [7, 11) is 1.95. The molecule has 2 heterocycles. The number of ether oxygens (including phenoxy) is 1. The zero-order valence-corrected chi connectivity index (χ0v) is 19.1. The van der Waals surface area contributed by atoms with E-state index in [1.807, 2.05) is 60.3 Å². The van der Waals surface area contributed by atoms with Crippen LogP contribution in [0.2, 0.25) is 0 Å². The average Bonchev–Trinajstić information content (AvgIpc) is 2.98. The number of piperidine rings is 1. The van der Waals surface area contributed by atoms with E-state index in [1.54, 1.807) is 4.68 Å². The molecular formula is C24H28BrN3O2. The zero-order chi connectivity index (χ0) is 21.1. The Bertz CT molecular complexity index is 1030. The average molecular weight is 470 g/mol. The van der Waals surface area contributed by atoms with E-state index in [4.69, 9.17) is 4.74 Å². The quantitative estimate of drug-likeness (QED) is 0.533. The highest BCUT2D eigenvalue weighted by Crippen LogP contribution is 2.25. The van der Waals surface area contributed by atoms with Crippen molar-refractivity contribution in [2.24, 2.45) is 7.05 Å². The van der Waals surface area contributed by atoms with E-state index < -0.39 is 0 Å².